The van der Waals surface area contributed by atoms with Crippen molar-refractivity contribution >= 4 is 17.3 Å². The van der Waals surface area contributed by atoms with Gasteiger partial charge in [0, 0.05) is 37.8 Å². The summed E-state index contributed by atoms with van der Waals surface area (Å²) in [7, 11) is 0. The van der Waals surface area contributed by atoms with Crippen LogP contribution in [0.3, 0.4) is 0 Å². The number of rotatable bonds is 6. The van der Waals surface area contributed by atoms with Gasteiger partial charge in [-0.05, 0) is 29.9 Å². The lowest BCUT2D eigenvalue weighted by Crippen LogP contribution is -2.22. The number of aliphatic hydroxyl groups excluding tert-OH is 1. The van der Waals surface area contributed by atoms with Crippen molar-refractivity contribution in [2.75, 3.05) is 0 Å². The molecule has 1 N–H and O–H groups in total. The Hall–Kier alpha value is -3.80. The highest BCUT2D eigenvalue weighted by molar-refractivity contribution is 6.24. The molecule has 1 fully saturated rings. The topological polar surface area (TPSA) is 92.8 Å². The zero-order chi connectivity index (χ0) is 24.2. The van der Waals surface area contributed by atoms with Crippen LogP contribution in [0.2, 0.25) is 0 Å². The monoisotopic (exact) mass is 468 g/mol. The lowest BCUT2D eigenvalue weighted by atomic mass is 9.81. The largest absolute Gasteiger partial charge is 0.511 e. The number of carbonyl (C=O) groups is 2. The van der Waals surface area contributed by atoms with Gasteiger partial charge in [-0.15, -0.1) is 0 Å². The summed E-state index contributed by atoms with van der Waals surface area (Å²) in [5, 5.41) is 15.1. The summed E-state index contributed by atoms with van der Waals surface area (Å²) in [6, 6.07) is 19.8. The maximum atomic E-state index is 13.0. The van der Waals surface area contributed by atoms with Crippen LogP contribution in [0, 0.1) is 0 Å². The van der Waals surface area contributed by atoms with Gasteiger partial charge in [0.05, 0.1) is 23.4 Å². The van der Waals surface area contributed by atoms with E-state index in [1.54, 1.807) is 0 Å². The van der Waals surface area contributed by atoms with Gasteiger partial charge in [-0.1, -0.05) is 65.8 Å². The standard InChI is InChI=1S/C29H28N2O4/c32-24-13-7-12-22(30-18-19-8-3-1-4-9-19)28(24)25(33)15-14-23-29-26(34)16-21(17-27(29)35-31-23)20-10-5-2-6-11-20/h1-6,8-11,21,33H,7,12-18H2/b28-25-,30-22?. The van der Waals surface area contributed by atoms with Crippen LogP contribution in [0.15, 0.2) is 81.5 Å². The van der Waals surface area contributed by atoms with E-state index < -0.39 is 0 Å². The number of allylic oxidation sites excluding steroid dienone is 2. The fraction of sp³-hybridized carbons (Fsp3) is 0.310. The number of aromatic nitrogens is 1. The highest BCUT2D eigenvalue weighted by Gasteiger charge is 2.33. The minimum absolute atomic E-state index is 0.0161. The Balaban J connectivity index is 1.32. The number of carbonyl (C=O) groups excluding carboxylic acids is 2. The number of fused-ring (bicyclic) bond motifs is 1. The second kappa shape index (κ2) is 10.2. The number of benzene rings is 2. The predicted octanol–water partition coefficient (Wildman–Crippen LogP) is 5.73. The molecule has 5 rings (SSSR count). The molecule has 1 saturated carbocycles. The van der Waals surface area contributed by atoms with Crippen molar-refractivity contribution in [1.82, 2.24) is 5.16 Å². The second-order valence-electron chi connectivity index (χ2n) is 9.21. The van der Waals surface area contributed by atoms with Crippen molar-refractivity contribution in [2.24, 2.45) is 4.99 Å². The SMILES string of the molecule is O=C1CCCC(=NCc2ccccc2)/C1=C(/O)CCc1noc2c1C(=O)CC(c1ccccc1)C2. The number of hydrogen-bond donors (Lipinski definition) is 1. The van der Waals surface area contributed by atoms with E-state index in [9.17, 15) is 14.7 Å². The lowest BCUT2D eigenvalue weighted by molar-refractivity contribution is -0.115. The summed E-state index contributed by atoms with van der Waals surface area (Å²) < 4.78 is 5.56. The first-order valence-electron chi connectivity index (χ1n) is 12.2. The molecular weight excluding hydrogens is 440 g/mol. The van der Waals surface area contributed by atoms with Crippen molar-refractivity contribution in [3.05, 3.63) is 100 Å². The normalized spacial score (nSPS) is 20.7. The van der Waals surface area contributed by atoms with Crippen LogP contribution in [-0.2, 0) is 24.2 Å². The van der Waals surface area contributed by atoms with E-state index in [1.807, 2.05) is 60.7 Å². The number of ketones is 2. The fourth-order valence-electron chi connectivity index (χ4n) is 5.02. The van der Waals surface area contributed by atoms with Gasteiger partial charge in [0.1, 0.15) is 11.5 Å². The van der Waals surface area contributed by atoms with E-state index in [0.29, 0.717) is 67.0 Å². The minimum atomic E-state index is -0.0791. The molecule has 2 aliphatic rings. The molecule has 0 aliphatic heterocycles. The summed E-state index contributed by atoms with van der Waals surface area (Å²) in [6.07, 6.45) is 3.37. The van der Waals surface area contributed by atoms with Crippen molar-refractivity contribution in [2.45, 2.75) is 57.4 Å². The van der Waals surface area contributed by atoms with Gasteiger partial charge in [0.15, 0.2) is 11.6 Å². The van der Waals surface area contributed by atoms with Gasteiger partial charge in [-0.3, -0.25) is 14.6 Å². The Morgan fingerprint density at radius 1 is 0.971 bits per heavy atom. The molecule has 0 radical (unpaired) electrons. The highest BCUT2D eigenvalue weighted by atomic mass is 16.5. The van der Waals surface area contributed by atoms with E-state index in [4.69, 9.17) is 4.52 Å². The average molecular weight is 469 g/mol. The summed E-state index contributed by atoms with van der Waals surface area (Å²) in [4.78, 5) is 30.3. The fourth-order valence-corrected chi connectivity index (χ4v) is 5.02. The average Bonchev–Trinajstić information content (AvgIpc) is 3.31. The van der Waals surface area contributed by atoms with Crippen LogP contribution in [-0.4, -0.2) is 27.5 Å². The summed E-state index contributed by atoms with van der Waals surface area (Å²) in [5.41, 5.74) is 4.26. The molecule has 0 saturated heterocycles. The van der Waals surface area contributed by atoms with Crippen LogP contribution < -0.4 is 0 Å². The Kier molecular flexibility index (Phi) is 6.70. The number of hydrogen-bond acceptors (Lipinski definition) is 6. The van der Waals surface area contributed by atoms with Crippen molar-refractivity contribution < 1.29 is 19.2 Å². The van der Waals surface area contributed by atoms with Crippen LogP contribution in [0.1, 0.15) is 71.0 Å². The Bertz CT molecular complexity index is 1290. The van der Waals surface area contributed by atoms with Crippen LogP contribution in [0.4, 0.5) is 0 Å². The van der Waals surface area contributed by atoms with Gasteiger partial charge in [0.2, 0.25) is 0 Å². The molecule has 0 bridgehead atoms. The van der Waals surface area contributed by atoms with E-state index in [0.717, 1.165) is 17.5 Å². The molecular formula is C29H28N2O4. The molecule has 2 aliphatic carbocycles. The summed E-state index contributed by atoms with van der Waals surface area (Å²) in [5.74, 6) is 0.641. The van der Waals surface area contributed by atoms with Gasteiger partial charge in [0.25, 0.3) is 0 Å². The number of Topliss-reactive ketones (excluding diaryl/α,β-unsaturated/α-hetero) is 2. The number of aliphatic imine (C=N–C) groups is 1. The smallest absolute Gasteiger partial charge is 0.168 e. The Morgan fingerprint density at radius 2 is 1.71 bits per heavy atom. The van der Waals surface area contributed by atoms with E-state index in [2.05, 4.69) is 10.1 Å². The summed E-state index contributed by atoms with van der Waals surface area (Å²) >= 11 is 0. The second-order valence-corrected chi connectivity index (χ2v) is 9.21. The molecule has 1 unspecified atom stereocenters. The lowest BCUT2D eigenvalue weighted by Gasteiger charge is -2.20. The van der Waals surface area contributed by atoms with Gasteiger partial charge < -0.3 is 9.63 Å². The van der Waals surface area contributed by atoms with Crippen molar-refractivity contribution in [1.29, 1.82) is 0 Å². The minimum Gasteiger partial charge on any atom is -0.511 e. The van der Waals surface area contributed by atoms with Gasteiger partial charge in [-0.25, -0.2) is 0 Å². The molecule has 1 heterocycles. The maximum absolute atomic E-state index is 13.0. The van der Waals surface area contributed by atoms with E-state index >= 15 is 0 Å². The molecule has 1 aromatic heterocycles. The van der Waals surface area contributed by atoms with Crippen LogP contribution in [0.5, 0.6) is 0 Å². The predicted molar refractivity (Wildman–Crippen MR) is 133 cm³/mol. The number of aryl methyl sites for hydroxylation is 1. The Labute approximate surface area is 204 Å². The molecule has 2 aromatic carbocycles. The maximum Gasteiger partial charge on any atom is 0.168 e. The third kappa shape index (κ3) is 5.02. The van der Waals surface area contributed by atoms with Crippen molar-refractivity contribution in [3.63, 3.8) is 0 Å². The van der Waals surface area contributed by atoms with E-state index in [-0.39, 0.29) is 29.7 Å². The molecule has 35 heavy (non-hydrogen) atoms. The third-order valence-corrected chi connectivity index (χ3v) is 6.81. The van der Waals surface area contributed by atoms with Gasteiger partial charge >= 0.3 is 0 Å². The van der Waals surface area contributed by atoms with Crippen LogP contribution >= 0.6 is 0 Å². The Morgan fingerprint density at radius 3 is 2.49 bits per heavy atom. The zero-order valence-corrected chi connectivity index (χ0v) is 19.6. The highest BCUT2D eigenvalue weighted by Crippen LogP contribution is 2.35. The molecule has 6 heteroatoms. The third-order valence-electron chi connectivity index (χ3n) is 6.81. The molecule has 6 nitrogen and oxygen atoms in total. The first-order chi connectivity index (χ1) is 17.1. The first-order valence-corrected chi connectivity index (χ1v) is 12.2. The molecule has 178 valence electrons. The molecule has 1 atom stereocenters. The number of aliphatic hydroxyl groups is 1. The molecule has 0 amide bonds. The van der Waals surface area contributed by atoms with E-state index in [1.165, 1.54) is 0 Å². The van der Waals surface area contributed by atoms with Crippen molar-refractivity contribution in [3.8, 4) is 0 Å². The van der Waals surface area contributed by atoms with Crippen LogP contribution in [0.25, 0.3) is 0 Å². The van der Waals surface area contributed by atoms with Gasteiger partial charge in [-0.2, -0.15) is 0 Å². The quantitative estimate of drug-likeness (QED) is 0.369. The molecule has 3 aromatic rings. The summed E-state index contributed by atoms with van der Waals surface area (Å²) in [6.45, 7) is 0.466. The zero-order valence-electron chi connectivity index (χ0n) is 19.6. The first kappa shape index (κ1) is 23.0. The number of nitrogens with zero attached hydrogens (tertiary/aromatic N) is 2. The molecule has 0 spiro atoms.